The SMILES string of the molecule is CC1(C)c2ccc(-c3ccccc3)cc2-c2cc(-c3ccccc3)c(N(c3ccc(-c4ccccc4C4CCCCC4)cc3)c3ccc(C4CC5CCC4C5)cc3)cc21. The molecule has 0 radical (unpaired) electrons. The maximum Gasteiger partial charge on any atom is 0.0543 e. The van der Waals surface area contributed by atoms with Gasteiger partial charge in [0.25, 0.3) is 0 Å². The van der Waals surface area contributed by atoms with Crippen molar-refractivity contribution < 1.29 is 0 Å². The predicted octanol–water partition coefficient (Wildman–Crippen LogP) is 16.4. The lowest BCUT2D eigenvalue weighted by Gasteiger charge is -2.31. The molecule has 3 saturated carbocycles. The molecule has 3 atom stereocenters. The maximum atomic E-state index is 2.55. The second kappa shape index (κ2) is 14.9. The second-order valence-corrected chi connectivity index (χ2v) is 18.7. The first-order chi connectivity index (χ1) is 29.0. The molecular weight excluding hydrogens is 711 g/mol. The van der Waals surface area contributed by atoms with Crippen molar-refractivity contribution in [3.63, 3.8) is 0 Å². The van der Waals surface area contributed by atoms with E-state index in [-0.39, 0.29) is 5.41 Å². The van der Waals surface area contributed by atoms with Crippen LogP contribution in [0.15, 0.2) is 164 Å². The molecule has 0 heterocycles. The molecule has 7 aromatic carbocycles. The molecule has 0 aliphatic heterocycles. The van der Waals surface area contributed by atoms with Gasteiger partial charge in [-0.15, -0.1) is 0 Å². The second-order valence-electron chi connectivity index (χ2n) is 18.7. The lowest BCUT2D eigenvalue weighted by atomic mass is 9.81. The lowest BCUT2D eigenvalue weighted by Crippen LogP contribution is -2.17. The molecule has 292 valence electrons. The summed E-state index contributed by atoms with van der Waals surface area (Å²) in [6, 6.07) is 62.6. The monoisotopic (exact) mass is 765 g/mol. The van der Waals surface area contributed by atoms with Crippen LogP contribution in [-0.2, 0) is 5.41 Å². The molecule has 4 aliphatic carbocycles. The Hall–Kier alpha value is -5.66. The molecular formula is C58H55N. The molecule has 4 aliphatic rings. The van der Waals surface area contributed by atoms with E-state index in [1.807, 2.05) is 0 Å². The fourth-order valence-electron chi connectivity index (χ4n) is 11.9. The number of fused-ring (bicyclic) bond motifs is 5. The Labute approximate surface area is 351 Å². The Balaban J connectivity index is 1.07. The summed E-state index contributed by atoms with van der Waals surface area (Å²) in [6.07, 6.45) is 12.3. The summed E-state index contributed by atoms with van der Waals surface area (Å²) < 4.78 is 0. The summed E-state index contributed by atoms with van der Waals surface area (Å²) >= 11 is 0. The van der Waals surface area contributed by atoms with E-state index in [0.717, 1.165) is 11.8 Å². The first-order valence-electron chi connectivity index (χ1n) is 22.5. The molecule has 1 heteroatoms. The third-order valence-corrected chi connectivity index (χ3v) is 15.0. The van der Waals surface area contributed by atoms with Gasteiger partial charge in [0.1, 0.15) is 0 Å². The van der Waals surface area contributed by atoms with Crippen LogP contribution in [0.25, 0.3) is 44.5 Å². The molecule has 0 N–H and O–H groups in total. The van der Waals surface area contributed by atoms with Gasteiger partial charge in [-0.3, -0.25) is 0 Å². The Morgan fingerprint density at radius 3 is 1.78 bits per heavy atom. The van der Waals surface area contributed by atoms with Crippen LogP contribution >= 0.6 is 0 Å². The molecule has 11 rings (SSSR count). The zero-order valence-corrected chi connectivity index (χ0v) is 34.7. The van der Waals surface area contributed by atoms with Crippen LogP contribution in [0.1, 0.15) is 106 Å². The number of rotatable bonds is 8. The van der Waals surface area contributed by atoms with Crippen molar-refractivity contribution in [1.82, 2.24) is 0 Å². The van der Waals surface area contributed by atoms with Gasteiger partial charge in [0.2, 0.25) is 0 Å². The Morgan fingerprint density at radius 1 is 0.458 bits per heavy atom. The summed E-state index contributed by atoms with van der Waals surface area (Å²) in [5, 5.41) is 0. The zero-order valence-electron chi connectivity index (χ0n) is 34.7. The van der Waals surface area contributed by atoms with Gasteiger partial charge in [-0.2, -0.15) is 0 Å². The minimum Gasteiger partial charge on any atom is -0.310 e. The molecule has 3 unspecified atom stereocenters. The van der Waals surface area contributed by atoms with Gasteiger partial charge in [0.15, 0.2) is 0 Å². The summed E-state index contributed by atoms with van der Waals surface area (Å²) in [5.41, 5.74) is 19.7. The van der Waals surface area contributed by atoms with Gasteiger partial charge in [-0.1, -0.05) is 161 Å². The predicted molar refractivity (Wildman–Crippen MR) is 249 cm³/mol. The third kappa shape index (κ3) is 6.46. The Bertz CT molecular complexity index is 2610. The highest BCUT2D eigenvalue weighted by atomic mass is 15.1. The van der Waals surface area contributed by atoms with Crippen molar-refractivity contribution in [2.24, 2.45) is 11.8 Å². The number of hydrogen-bond donors (Lipinski definition) is 0. The summed E-state index contributed by atoms with van der Waals surface area (Å²) in [6.45, 7) is 4.83. The third-order valence-electron chi connectivity index (χ3n) is 15.0. The van der Waals surface area contributed by atoms with E-state index in [2.05, 4.69) is 183 Å². The van der Waals surface area contributed by atoms with Gasteiger partial charge in [-0.05, 0) is 159 Å². The van der Waals surface area contributed by atoms with E-state index < -0.39 is 0 Å². The largest absolute Gasteiger partial charge is 0.310 e. The van der Waals surface area contributed by atoms with Gasteiger partial charge < -0.3 is 4.90 Å². The van der Waals surface area contributed by atoms with Crippen molar-refractivity contribution >= 4 is 17.1 Å². The number of anilines is 3. The number of hydrogen-bond acceptors (Lipinski definition) is 1. The lowest BCUT2D eigenvalue weighted by molar-refractivity contribution is 0.420. The van der Waals surface area contributed by atoms with Crippen molar-refractivity contribution in [2.75, 3.05) is 4.90 Å². The molecule has 0 aromatic heterocycles. The molecule has 0 saturated heterocycles. The van der Waals surface area contributed by atoms with E-state index >= 15 is 0 Å². The smallest absolute Gasteiger partial charge is 0.0543 e. The molecule has 3 fully saturated rings. The molecule has 0 spiro atoms. The van der Waals surface area contributed by atoms with E-state index in [9.17, 15) is 0 Å². The van der Waals surface area contributed by atoms with Gasteiger partial charge >= 0.3 is 0 Å². The fourth-order valence-corrected chi connectivity index (χ4v) is 11.9. The quantitative estimate of drug-likeness (QED) is 0.149. The van der Waals surface area contributed by atoms with E-state index in [0.29, 0.717) is 11.8 Å². The van der Waals surface area contributed by atoms with Crippen LogP contribution in [0.2, 0.25) is 0 Å². The molecule has 2 bridgehead atoms. The van der Waals surface area contributed by atoms with Gasteiger partial charge in [-0.25, -0.2) is 0 Å². The van der Waals surface area contributed by atoms with Crippen LogP contribution in [0.4, 0.5) is 17.1 Å². The normalized spacial score (nSPS) is 20.3. The average Bonchev–Trinajstić information content (AvgIpc) is 4.00. The summed E-state index contributed by atoms with van der Waals surface area (Å²) in [5.74, 6) is 3.15. The van der Waals surface area contributed by atoms with Crippen molar-refractivity contribution in [3.05, 3.63) is 186 Å². The molecule has 1 nitrogen and oxygen atoms in total. The van der Waals surface area contributed by atoms with E-state index in [1.54, 1.807) is 0 Å². The van der Waals surface area contributed by atoms with Crippen molar-refractivity contribution in [1.29, 1.82) is 0 Å². The highest BCUT2D eigenvalue weighted by Gasteiger charge is 2.40. The Kier molecular flexibility index (Phi) is 9.18. The highest BCUT2D eigenvalue weighted by Crippen LogP contribution is 2.56. The first-order valence-corrected chi connectivity index (χ1v) is 22.5. The van der Waals surface area contributed by atoms with Crippen LogP contribution in [0.5, 0.6) is 0 Å². The van der Waals surface area contributed by atoms with Crippen LogP contribution in [0.3, 0.4) is 0 Å². The minimum atomic E-state index is -0.159. The maximum absolute atomic E-state index is 2.55. The van der Waals surface area contributed by atoms with Crippen LogP contribution < -0.4 is 4.90 Å². The van der Waals surface area contributed by atoms with E-state index in [4.69, 9.17) is 0 Å². The van der Waals surface area contributed by atoms with Gasteiger partial charge in [0.05, 0.1) is 5.69 Å². The minimum absolute atomic E-state index is 0.159. The molecule has 59 heavy (non-hydrogen) atoms. The molecule has 7 aromatic rings. The molecule has 0 amide bonds. The topological polar surface area (TPSA) is 3.24 Å². The number of nitrogens with zero attached hydrogens (tertiary/aromatic N) is 1. The van der Waals surface area contributed by atoms with Crippen LogP contribution in [-0.4, -0.2) is 0 Å². The first kappa shape index (κ1) is 36.4. The highest BCUT2D eigenvalue weighted by molar-refractivity contribution is 5.95. The average molecular weight is 766 g/mol. The zero-order chi connectivity index (χ0) is 39.5. The fraction of sp³-hybridized carbons (Fsp3) is 0.276. The standard InChI is InChI=1S/C58H55N/c1-58(2)55-33-28-45(40-14-6-3-7-15-40)36-53(55)54-37-52(42-18-10-5-11-19-42)57(38-56(54)58)59(48-31-26-44(27-32-48)51-35-39-22-23-46(51)34-39)47-29-24-43(25-30-47)50-21-13-12-20-49(50)41-16-8-4-9-17-41/h3,5-7,10-15,18-21,24-33,36-39,41,46,51H,4,8-9,16-17,22-23,34-35H2,1-2H3. The van der Waals surface area contributed by atoms with E-state index in [1.165, 1.54) is 142 Å². The Morgan fingerprint density at radius 2 is 1.08 bits per heavy atom. The van der Waals surface area contributed by atoms with Gasteiger partial charge in [0, 0.05) is 22.4 Å². The number of benzene rings is 7. The van der Waals surface area contributed by atoms with Crippen molar-refractivity contribution in [2.45, 2.75) is 88.9 Å². The summed E-state index contributed by atoms with van der Waals surface area (Å²) in [7, 11) is 0. The van der Waals surface area contributed by atoms with Crippen molar-refractivity contribution in [3.8, 4) is 44.5 Å². The summed E-state index contributed by atoms with van der Waals surface area (Å²) in [4.78, 5) is 2.55. The van der Waals surface area contributed by atoms with Crippen LogP contribution in [0, 0.1) is 11.8 Å².